The molecule has 0 unspecified atom stereocenters. The molecule has 0 aromatic carbocycles. The molecule has 4 nitrogen and oxygen atoms in total. The van der Waals surface area contributed by atoms with E-state index in [1.165, 1.54) is 0 Å². The Morgan fingerprint density at radius 1 is 1.83 bits per heavy atom. The number of rotatable bonds is 0. The van der Waals surface area contributed by atoms with E-state index in [1.54, 1.807) is 13.8 Å². The Balaban J connectivity index is 2.89. The van der Waals surface area contributed by atoms with E-state index in [0.29, 0.717) is 0 Å². The fraction of sp³-hybridized carbons (Fsp3) is 0.625. The van der Waals surface area contributed by atoms with E-state index in [1.807, 2.05) is 0 Å². The predicted molar refractivity (Wildman–Crippen MR) is 42.5 cm³/mol. The number of carbonyl (C=O) groups is 1. The maximum Gasteiger partial charge on any atom is 0.410 e. The van der Waals surface area contributed by atoms with Crippen LogP contribution in [-0.4, -0.2) is 34.5 Å². The lowest BCUT2D eigenvalue weighted by atomic mass is 10.2. The Kier molecular flexibility index (Phi) is 1.99. The van der Waals surface area contributed by atoms with Gasteiger partial charge in [0.1, 0.15) is 11.8 Å². The molecule has 4 heteroatoms. The molecule has 12 heavy (non-hydrogen) atoms. The summed E-state index contributed by atoms with van der Waals surface area (Å²) in [4.78, 5) is 11.9. The van der Waals surface area contributed by atoms with Gasteiger partial charge in [-0.25, -0.2) is 4.79 Å². The largest absolute Gasteiger partial charge is 0.465 e. The number of carboxylic acid groups (broad SMARTS) is 1. The van der Waals surface area contributed by atoms with E-state index in [9.17, 15) is 4.79 Å². The summed E-state index contributed by atoms with van der Waals surface area (Å²) in [5.41, 5.74) is -0.803. The van der Waals surface area contributed by atoms with Gasteiger partial charge >= 0.3 is 6.09 Å². The van der Waals surface area contributed by atoms with E-state index in [0.717, 1.165) is 4.90 Å². The Hall–Kier alpha value is -1.21. The molecule has 0 aromatic heterocycles. The number of hydrogen-bond donors (Lipinski definition) is 1. The molecule has 1 heterocycles. The molecule has 1 saturated heterocycles. The molecule has 1 fully saturated rings. The van der Waals surface area contributed by atoms with Crippen molar-refractivity contribution in [3.63, 3.8) is 0 Å². The minimum absolute atomic E-state index is 0.274. The van der Waals surface area contributed by atoms with E-state index >= 15 is 0 Å². The first-order chi connectivity index (χ1) is 5.49. The standard InChI is InChI=1S/C8H11NO3/c1-4-6-5-12-8(2,3)9(6)7(10)11/h1,6H,5H2,2-3H3,(H,10,11)/t6-/m0/s1. The van der Waals surface area contributed by atoms with Crippen LogP contribution in [0.1, 0.15) is 13.8 Å². The smallest absolute Gasteiger partial charge is 0.410 e. The van der Waals surface area contributed by atoms with Gasteiger partial charge in [-0.05, 0) is 13.8 Å². The van der Waals surface area contributed by atoms with Gasteiger partial charge in [0, 0.05) is 0 Å². The summed E-state index contributed by atoms with van der Waals surface area (Å²) in [6.07, 6.45) is 4.11. The molecular formula is C8H11NO3. The summed E-state index contributed by atoms with van der Waals surface area (Å²) in [7, 11) is 0. The van der Waals surface area contributed by atoms with Crippen LogP contribution in [0.2, 0.25) is 0 Å². The fourth-order valence-corrected chi connectivity index (χ4v) is 1.29. The minimum Gasteiger partial charge on any atom is -0.465 e. The van der Waals surface area contributed by atoms with Crippen molar-refractivity contribution in [1.82, 2.24) is 4.90 Å². The molecule has 1 rings (SSSR count). The molecule has 1 atom stereocenters. The molecular weight excluding hydrogens is 158 g/mol. The highest BCUT2D eigenvalue weighted by molar-refractivity contribution is 5.67. The highest BCUT2D eigenvalue weighted by Crippen LogP contribution is 2.26. The zero-order valence-electron chi connectivity index (χ0n) is 7.07. The first-order valence-electron chi connectivity index (χ1n) is 3.61. The number of amides is 1. The molecule has 0 aliphatic carbocycles. The highest BCUT2D eigenvalue weighted by atomic mass is 16.5. The highest BCUT2D eigenvalue weighted by Gasteiger charge is 2.43. The van der Waals surface area contributed by atoms with Crippen molar-refractivity contribution in [3.8, 4) is 12.3 Å². The zero-order valence-corrected chi connectivity index (χ0v) is 7.07. The normalized spacial score (nSPS) is 26.8. The molecule has 0 saturated carbocycles. The van der Waals surface area contributed by atoms with Crippen molar-refractivity contribution in [2.24, 2.45) is 0 Å². The van der Waals surface area contributed by atoms with Gasteiger partial charge < -0.3 is 9.84 Å². The van der Waals surface area contributed by atoms with Crippen LogP contribution >= 0.6 is 0 Å². The lowest BCUT2D eigenvalue weighted by Crippen LogP contribution is -2.46. The second-order valence-electron chi connectivity index (χ2n) is 3.09. The third-order valence-corrected chi connectivity index (χ3v) is 1.88. The van der Waals surface area contributed by atoms with Crippen LogP contribution < -0.4 is 0 Å². The Morgan fingerprint density at radius 3 is 2.75 bits per heavy atom. The number of ether oxygens (including phenoxy) is 1. The number of nitrogens with zero attached hydrogens (tertiary/aromatic N) is 1. The topological polar surface area (TPSA) is 49.8 Å². The molecule has 1 aliphatic rings. The van der Waals surface area contributed by atoms with E-state index < -0.39 is 17.9 Å². The van der Waals surface area contributed by atoms with Crippen molar-refractivity contribution >= 4 is 6.09 Å². The van der Waals surface area contributed by atoms with Crippen molar-refractivity contribution < 1.29 is 14.6 Å². The van der Waals surface area contributed by atoms with Crippen LogP contribution in [0.5, 0.6) is 0 Å². The maximum atomic E-state index is 10.7. The first kappa shape index (κ1) is 8.88. The van der Waals surface area contributed by atoms with Gasteiger partial charge in [0.25, 0.3) is 0 Å². The van der Waals surface area contributed by atoms with Crippen LogP contribution in [-0.2, 0) is 4.74 Å². The molecule has 1 amide bonds. The average molecular weight is 169 g/mol. The lowest BCUT2D eigenvalue weighted by Gasteiger charge is -2.28. The van der Waals surface area contributed by atoms with Crippen molar-refractivity contribution in [2.45, 2.75) is 25.6 Å². The molecule has 1 aliphatic heterocycles. The van der Waals surface area contributed by atoms with E-state index in [4.69, 9.17) is 16.3 Å². The first-order valence-corrected chi connectivity index (χ1v) is 3.61. The van der Waals surface area contributed by atoms with Crippen LogP contribution in [0.15, 0.2) is 0 Å². The van der Waals surface area contributed by atoms with Gasteiger partial charge in [-0.3, -0.25) is 4.90 Å². The number of hydrogen-bond acceptors (Lipinski definition) is 2. The summed E-state index contributed by atoms with van der Waals surface area (Å²) < 4.78 is 5.22. The summed E-state index contributed by atoms with van der Waals surface area (Å²) in [6, 6.07) is -0.461. The fourth-order valence-electron chi connectivity index (χ4n) is 1.29. The minimum atomic E-state index is -1.04. The van der Waals surface area contributed by atoms with Crippen LogP contribution in [0.3, 0.4) is 0 Å². The van der Waals surface area contributed by atoms with Gasteiger partial charge in [0.05, 0.1) is 6.61 Å². The van der Waals surface area contributed by atoms with Crippen LogP contribution in [0, 0.1) is 12.3 Å². The van der Waals surface area contributed by atoms with E-state index in [-0.39, 0.29) is 6.61 Å². The van der Waals surface area contributed by atoms with Gasteiger partial charge in [-0.1, -0.05) is 5.92 Å². The van der Waals surface area contributed by atoms with Crippen LogP contribution in [0.25, 0.3) is 0 Å². The maximum absolute atomic E-state index is 10.7. The second-order valence-corrected chi connectivity index (χ2v) is 3.09. The molecule has 0 radical (unpaired) electrons. The van der Waals surface area contributed by atoms with Crippen molar-refractivity contribution in [3.05, 3.63) is 0 Å². The zero-order chi connectivity index (χ0) is 9.35. The van der Waals surface area contributed by atoms with Crippen molar-refractivity contribution in [1.29, 1.82) is 0 Å². The summed E-state index contributed by atoms with van der Waals surface area (Å²) in [5.74, 6) is 2.37. The van der Waals surface area contributed by atoms with Crippen molar-refractivity contribution in [2.75, 3.05) is 6.61 Å². The van der Waals surface area contributed by atoms with Gasteiger partial charge in [-0.2, -0.15) is 0 Å². The van der Waals surface area contributed by atoms with Gasteiger partial charge in [0.15, 0.2) is 0 Å². The second kappa shape index (κ2) is 2.68. The Bertz CT molecular complexity index is 241. The Labute approximate surface area is 71.1 Å². The monoisotopic (exact) mass is 169 g/mol. The lowest BCUT2D eigenvalue weighted by molar-refractivity contribution is -0.0407. The SMILES string of the molecule is C#C[C@H]1COC(C)(C)N1C(=O)O. The quantitative estimate of drug-likeness (QED) is 0.544. The molecule has 0 bridgehead atoms. The third kappa shape index (κ3) is 1.23. The molecule has 66 valence electrons. The summed E-state index contributed by atoms with van der Waals surface area (Å²) >= 11 is 0. The molecule has 0 aromatic rings. The third-order valence-electron chi connectivity index (χ3n) is 1.88. The summed E-state index contributed by atoms with van der Waals surface area (Å²) in [5, 5.41) is 8.80. The molecule has 1 N–H and O–H groups in total. The Morgan fingerprint density at radius 2 is 2.42 bits per heavy atom. The van der Waals surface area contributed by atoms with Gasteiger partial charge in [-0.15, -0.1) is 6.42 Å². The van der Waals surface area contributed by atoms with Gasteiger partial charge in [0.2, 0.25) is 0 Å². The molecule has 0 spiro atoms. The number of terminal acetylenes is 1. The van der Waals surface area contributed by atoms with Crippen LogP contribution in [0.4, 0.5) is 4.79 Å². The van der Waals surface area contributed by atoms with E-state index in [2.05, 4.69) is 5.92 Å². The summed E-state index contributed by atoms with van der Waals surface area (Å²) in [6.45, 7) is 3.63. The average Bonchev–Trinajstić information content (AvgIpc) is 2.24. The predicted octanol–water partition coefficient (Wildman–Crippen LogP) is 0.734.